The largest absolute Gasteiger partial charge is 0.484 e. The molecule has 0 bridgehead atoms. The Labute approximate surface area is 180 Å². The molecule has 152 valence electrons. The second kappa shape index (κ2) is 10.2. The molecule has 0 atom stereocenters. The van der Waals surface area contributed by atoms with Gasteiger partial charge in [-0.1, -0.05) is 98.8 Å². The van der Waals surface area contributed by atoms with Crippen molar-refractivity contribution < 1.29 is 10.0 Å². The van der Waals surface area contributed by atoms with Crippen LogP contribution in [0.5, 0.6) is 0 Å². The molecule has 3 heteroatoms. The smallest absolute Gasteiger partial charge is 0.423 e. The maximum absolute atomic E-state index is 9.83. The van der Waals surface area contributed by atoms with Crippen LogP contribution in [0.3, 0.4) is 0 Å². The van der Waals surface area contributed by atoms with E-state index in [4.69, 9.17) is 0 Å². The van der Waals surface area contributed by atoms with Crippen LogP contribution in [0.4, 0.5) is 0 Å². The van der Waals surface area contributed by atoms with Gasteiger partial charge in [0, 0.05) is 0 Å². The first-order valence-electron chi connectivity index (χ1n) is 10.7. The SMILES string of the molecule is C/C(B(O)O)=C1/C=CCC/C1=C(/c1ccccc1)c1cccc2ccccc12.CC. The predicted octanol–water partition coefficient (Wildman–Crippen LogP) is 6.35. The van der Waals surface area contributed by atoms with E-state index in [0.717, 1.165) is 35.1 Å². The standard InChI is InChI=1S/C25H23BO2.C2H6/c1-18(26(27)28)21-14-7-8-16-23(21)25(20-11-3-2-4-12-20)24-17-9-13-19-10-5-6-15-22(19)24;1-2/h2-7,9-15,17,27-28H,8,16H2,1H3;1-2H3/b21-18+,25-23+;. The molecule has 1 aliphatic rings. The van der Waals surface area contributed by atoms with Crippen molar-refractivity contribution in [2.45, 2.75) is 33.6 Å². The number of fused-ring (bicyclic) bond motifs is 1. The molecule has 0 aromatic heterocycles. The van der Waals surface area contributed by atoms with Gasteiger partial charge in [-0.15, -0.1) is 0 Å². The van der Waals surface area contributed by atoms with Crippen LogP contribution in [0.15, 0.2) is 102 Å². The Hall–Kier alpha value is -2.88. The van der Waals surface area contributed by atoms with E-state index in [1.807, 2.05) is 26.0 Å². The van der Waals surface area contributed by atoms with E-state index in [-0.39, 0.29) is 0 Å². The van der Waals surface area contributed by atoms with Crippen LogP contribution in [-0.4, -0.2) is 17.2 Å². The van der Waals surface area contributed by atoms with Crippen LogP contribution < -0.4 is 0 Å². The number of allylic oxidation sites excluding steroid dienone is 5. The molecule has 0 spiro atoms. The fourth-order valence-corrected chi connectivity index (χ4v) is 3.97. The molecule has 0 aliphatic heterocycles. The Morgan fingerprint density at radius 1 is 0.833 bits per heavy atom. The zero-order chi connectivity index (χ0) is 21.5. The first-order valence-corrected chi connectivity index (χ1v) is 10.7. The highest BCUT2D eigenvalue weighted by molar-refractivity contribution is 6.51. The Morgan fingerprint density at radius 2 is 1.50 bits per heavy atom. The summed E-state index contributed by atoms with van der Waals surface area (Å²) in [6.07, 6.45) is 5.94. The van der Waals surface area contributed by atoms with E-state index in [9.17, 15) is 10.0 Å². The van der Waals surface area contributed by atoms with Crippen LogP contribution in [0.1, 0.15) is 44.7 Å². The normalized spacial score (nSPS) is 16.6. The molecule has 0 saturated heterocycles. The average molecular weight is 396 g/mol. The summed E-state index contributed by atoms with van der Waals surface area (Å²) in [5.74, 6) is 0. The lowest BCUT2D eigenvalue weighted by molar-refractivity contribution is 0.418. The maximum Gasteiger partial charge on any atom is 0.484 e. The molecule has 0 saturated carbocycles. The summed E-state index contributed by atoms with van der Waals surface area (Å²) in [5, 5.41) is 22.1. The van der Waals surface area contributed by atoms with Gasteiger partial charge in [-0.25, -0.2) is 0 Å². The monoisotopic (exact) mass is 396 g/mol. The van der Waals surface area contributed by atoms with E-state index in [1.165, 1.54) is 16.3 Å². The van der Waals surface area contributed by atoms with Crippen molar-refractivity contribution in [3.8, 4) is 0 Å². The van der Waals surface area contributed by atoms with Gasteiger partial charge in [0.25, 0.3) is 0 Å². The average Bonchev–Trinajstić information content (AvgIpc) is 2.81. The first-order chi connectivity index (χ1) is 14.7. The van der Waals surface area contributed by atoms with Crippen molar-refractivity contribution >= 4 is 23.5 Å². The quantitative estimate of drug-likeness (QED) is 0.507. The van der Waals surface area contributed by atoms with Crippen LogP contribution >= 0.6 is 0 Å². The summed E-state index contributed by atoms with van der Waals surface area (Å²) in [4.78, 5) is 0. The summed E-state index contributed by atoms with van der Waals surface area (Å²) >= 11 is 0. The van der Waals surface area contributed by atoms with Gasteiger partial charge in [0.2, 0.25) is 0 Å². The fraction of sp³-hybridized carbons (Fsp3) is 0.185. The van der Waals surface area contributed by atoms with Crippen molar-refractivity contribution in [3.63, 3.8) is 0 Å². The van der Waals surface area contributed by atoms with Crippen molar-refractivity contribution in [3.05, 3.63) is 113 Å². The number of benzene rings is 3. The predicted molar refractivity (Wildman–Crippen MR) is 129 cm³/mol. The maximum atomic E-state index is 9.83. The lowest BCUT2D eigenvalue weighted by Gasteiger charge is -2.23. The molecule has 0 fully saturated rings. The summed E-state index contributed by atoms with van der Waals surface area (Å²) in [7, 11) is -1.46. The summed E-state index contributed by atoms with van der Waals surface area (Å²) < 4.78 is 0. The molecule has 0 heterocycles. The lowest BCUT2D eigenvalue weighted by Crippen LogP contribution is -2.16. The molecule has 0 unspecified atom stereocenters. The van der Waals surface area contributed by atoms with Gasteiger partial charge in [-0.3, -0.25) is 0 Å². The van der Waals surface area contributed by atoms with Crippen molar-refractivity contribution in [2.75, 3.05) is 0 Å². The van der Waals surface area contributed by atoms with E-state index < -0.39 is 7.12 Å². The molecule has 4 rings (SSSR count). The van der Waals surface area contributed by atoms with E-state index in [0.29, 0.717) is 5.47 Å². The van der Waals surface area contributed by atoms with E-state index in [2.05, 4.69) is 72.8 Å². The Kier molecular flexibility index (Phi) is 7.45. The minimum Gasteiger partial charge on any atom is -0.423 e. The zero-order valence-electron chi connectivity index (χ0n) is 18.0. The Balaban J connectivity index is 0.00000124. The summed E-state index contributed by atoms with van der Waals surface area (Å²) in [5.41, 5.74) is 6.15. The third-order valence-electron chi connectivity index (χ3n) is 5.41. The van der Waals surface area contributed by atoms with Crippen LogP contribution in [0, 0.1) is 0 Å². The molecule has 2 N–H and O–H groups in total. The number of hydrogen-bond donors (Lipinski definition) is 2. The van der Waals surface area contributed by atoms with Gasteiger partial charge in [0.1, 0.15) is 0 Å². The third-order valence-corrected chi connectivity index (χ3v) is 5.41. The second-order valence-electron chi connectivity index (χ2n) is 7.16. The molecular formula is C27H29BO2. The topological polar surface area (TPSA) is 40.5 Å². The van der Waals surface area contributed by atoms with Crippen LogP contribution in [0.25, 0.3) is 16.3 Å². The number of hydrogen-bond acceptors (Lipinski definition) is 2. The molecular weight excluding hydrogens is 367 g/mol. The highest BCUT2D eigenvalue weighted by atomic mass is 16.4. The summed E-state index contributed by atoms with van der Waals surface area (Å²) in [6, 6.07) is 25.2. The van der Waals surface area contributed by atoms with Gasteiger partial charge < -0.3 is 10.0 Å². The number of rotatable bonds is 3. The minimum absolute atomic E-state index is 0.583. The van der Waals surface area contributed by atoms with Gasteiger partial charge in [0.15, 0.2) is 0 Å². The molecule has 1 aliphatic carbocycles. The molecule has 3 aromatic carbocycles. The summed E-state index contributed by atoms with van der Waals surface area (Å²) in [6.45, 7) is 5.79. The van der Waals surface area contributed by atoms with Crippen LogP contribution in [-0.2, 0) is 0 Å². The molecule has 0 amide bonds. The van der Waals surface area contributed by atoms with Gasteiger partial charge in [-0.05, 0) is 63.9 Å². The van der Waals surface area contributed by atoms with E-state index >= 15 is 0 Å². The minimum atomic E-state index is -1.46. The molecule has 2 nitrogen and oxygen atoms in total. The van der Waals surface area contributed by atoms with Gasteiger partial charge in [-0.2, -0.15) is 0 Å². The Bertz CT molecular complexity index is 1090. The third kappa shape index (κ3) is 4.48. The first kappa shape index (κ1) is 21.8. The van der Waals surface area contributed by atoms with Crippen molar-refractivity contribution in [2.24, 2.45) is 0 Å². The van der Waals surface area contributed by atoms with Crippen molar-refractivity contribution in [1.82, 2.24) is 0 Å². The lowest BCUT2D eigenvalue weighted by atomic mass is 9.72. The van der Waals surface area contributed by atoms with Gasteiger partial charge in [0.05, 0.1) is 0 Å². The molecule has 0 radical (unpaired) electrons. The molecule has 3 aromatic rings. The van der Waals surface area contributed by atoms with Gasteiger partial charge >= 0.3 is 7.12 Å². The second-order valence-corrected chi connectivity index (χ2v) is 7.16. The van der Waals surface area contributed by atoms with Crippen LogP contribution in [0.2, 0.25) is 0 Å². The zero-order valence-corrected chi connectivity index (χ0v) is 18.0. The van der Waals surface area contributed by atoms with E-state index in [1.54, 1.807) is 6.92 Å². The highest BCUT2D eigenvalue weighted by Gasteiger charge is 2.22. The highest BCUT2D eigenvalue weighted by Crippen LogP contribution is 2.39. The van der Waals surface area contributed by atoms with Crippen molar-refractivity contribution in [1.29, 1.82) is 0 Å². The fourth-order valence-electron chi connectivity index (χ4n) is 3.97. The Morgan fingerprint density at radius 3 is 2.23 bits per heavy atom. The molecule has 30 heavy (non-hydrogen) atoms.